The van der Waals surface area contributed by atoms with E-state index >= 15 is 0 Å². The molecule has 1 rings (SSSR count). The van der Waals surface area contributed by atoms with Gasteiger partial charge in [0.25, 0.3) is 0 Å². The Bertz CT molecular complexity index is 377. The van der Waals surface area contributed by atoms with Crippen molar-refractivity contribution in [3.05, 3.63) is 0 Å². The van der Waals surface area contributed by atoms with Gasteiger partial charge in [-0.2, -0.15) is 0 Å². The molecule has 1 aliphatic rings. The molecule has 0 unspecified atom stereocenters. The van der Waals surface area contributed by atoms with Gasteiger partial charge in [-0.1, -0.05) is 6.92 Å². The van der Waals surface area contributed by atoms with Gasteiger partial charge in [-0.3, -0.25) is 4.79 Å². The summed E-state index contributed by atoms with van der Waals surface area (Å²) in [5.74, 6) is 0.739. The minimum absolute atomic E-state index is 0.0124. The molecular weight excluding hydrogens is 304 g/mol. The third-order valence-corrected chi connectivity index (χ3v) is 4.32. The number of aliphatic imine (C=N–C) groups is 1. The number of guanidine groups is 1. The molecule has 24 heavy (non-hydrogen) atoms. The lowest BCUT2D eigenvalue weighted by atomic mass is 10.2. The highest BCUT2D eigenvalue weighted by molar-refractivity contribution is 5.84. The van der Waals surface area contributed by atoms with E-state index in [9.17, 15) is 4.79 Å². The predicted octanol–water partition coefficient (Wildman–Crippen LogP) is 0.0474. The van der Waals surface area contributed by atoms with Gasteiger partial charge in [-0.25, -0.2) is 4.99 Å². The van der Waals surface area contributed by atoms with Crippen LogP contribution in [-0.2, 0) is 4.79 Å². The minimum Gasteiger partial charge on any atom is -0.357 e. The number of likely N-dealkylation sites (N-methyl/N-ethyl adjacent to an activating group) is 2. The van der Waals surface area contributed by atoms with Crippen LogP contribution in [0, 0.1) is 0 Å². The molecule has 0 atom stereocenters. The largest absolute Gasteiger partial charge is 0.357 e. The van der Waals surface area contributed by atoms with Crippen LogP contribution in [0.25, 0.3) is 0 Å². The molecule has 140 valence electrons. The summed E-state index contributed by atoms with van der Waals surface area (Å²) in [7, 11) is 3.50. The lowest BCUT2D eigenvalue weighted by molar-refractivity contribution is -0.127. The normalized spacial score (nSPS) is 16.9. The van der Waals surface area contributed by atoms with Crippen LogP contribution in [0.1, 0.15) is 26.7 Å². The van der Waals surface area contributed by atoms with E-state index in [1.165, 1.54) is 45.7 Å². The predicted molar refractivity (Wildman–Crippen MR) is 100 cm³/mol. The SMILES string of the molecule is CCNC(=NCC(=O)N(C)C)NCCCCN1CCN(CC)CC1. The molecular formula is C17H36N6O. The molecule has 7 nitrogen and oxygen atoms in total. The summed E-state index contributed by atoms with van der Waals surface area (Å²) in [4.78, 5) is 22.6. The minimum atomic E-state index is 0.0124. The molecule has 0 aromatic rings. The quantitative estimate of drug-likeness (QED) is 0.353. The maximum atomic E-state index is 11.6. The summed E-state index contributed by atoms with van der Waals surface area (Å²) >= 11 is 0. The van der Waals surface area contributed by atoms with E-state index in [1.807, 2.05) is 6.92 Å². The Morgan fingerprint density at radius 3 is 2.29 bits per heavy atom. The second-order valence-electron chi connectivity index (χ2n) is 6.39. The van der Waals surface area contributed by atoms with Crippen LogP contribution < -0.4 is 10.6 Å². The van der Waals surface area contributed by atoms with Gasteiger partial charge in [0.05, 0.1) is 0 Å². The fourth-order valence-corrected chi connectivity index (χ4v) is 2.63. The Labute approximate surface area is 147 Å². The number of nitrogens with zero attached hydrogens (tertiary/aromatic N) is 4. The Balaban J connectivity index is 2.16. The number of carbonyl (C=O) groups excluding carboxylic acids is 1. The third kappa shape index (κ3) is 8.49. The molecule has 0 aromatic carbocycles. The van der Waals surface area contributed by atoms with Gasteiger partial charge in [0.15, 0.2) is 5.96 Å². The van der Waals surface area contributed by atoms with Gasteiger partial charge >= 0.3 is 0 Å². The van der Waals surface area contributed by atoms with Crippen LogP contribution in [0.5, 0.6) is 0 Å². The summed E-state index contributed by atoms with van der Waals surface area (Å²) in [6.45, 7) is 13.3. The Morgan fingerprint density at radius 1 is 1.04 bits per heavy atom. The lowest BCUT2D eigenvalue weighted by Crippen LogP contribution is -2.46. The number of unbranched alkanes of at least 4 members (excludes halogenated alkanes) is 1. The molecule has 2 N–H and O–H groups in total. The van der Waals surface area contributed by atoms with Crippen molar-refractivity contribution in [1.82, 2.24) is 25.3 Å². The second-order valence-corrected chi connectivity index (χ2v) is 6.39. The van der Waals surface area contributed by atoms with E-state index in [-0.39, 0.29) is 12.5 Å². The highest BCUT2D eigenvalue weighted by Gasteiger charge is 2.14. The Kier molecular flexibility index (Phi) is 10.4. The Morgan fingerprint density at radius 2 is 1.71 bits per heavy atom. The van der Waals surface area contributed by atoms with Crippen molar-refractivity contribution in [2.75, 3.05) is 73.0 Å². The van der Waals surface area contributed by atoms with Crippen molar-refractivity contribution in [2.45, 2.75) is 26.7 Å². The fourth-order valence-electron chi connectivity index (χ4n) is 2.63. The smallest absolute Gasteiger partial charge is 0.243 e. The molecule has 0 spiro atoms. The number of hydrogen-bond acceptors (Lipinski definition) is 4. The standard InChI is InChI=1S/C17H36N6O/c1-5-18-17(20-15-16(24)21(3)4)19-9-7-8-10-23-13-11-22(6-2)12-14-23/h5-15H2,1-4H3,(H2,18,19,20). The highest BCUT2D eigenvalue weighted by atomic mass is 16.2. The first-order valence-electron chi connectivity index (χ1n) is 9.23. The van der Waals surface area contributed by atoms with Crippen LogP contribution in [0.4, 0.5) is 0 Å². The summed E-state index contributed by atoms with van der Waals surface area (Å²) in [5, 5.41) is 6.49. The first kappa shape index (κ1) is 20.7. The number of amides is 1. The van der Waals surface area contributed by atoms with Gasteiger partial charge in [0, 0.05) is 53.4 Å². The zero-order chi connectivity index (χ0) is 17.8. The van der Waals surface area contributed by atoms with Gasteiger partial charge in [0.1, 0.15) is 6.54 Å². The maximum absolute atomic E-state index is 11.6. The number of rotatable bonds is 9. The summed E-state index contributed by atoms with van der Waals surface area (Å²) in [6.07, 6.45) is 2.30. The van der Waals surface area contributed by atoms with E-state index in [2.05, 4.69) is 32.3 Å². The molecule has 0 saturated carbocycles. The van der Waals surface area contributed by atoms with Gasteiger partial charge in [-0.05, 0) is 32.9 Å². The topological polar surface area (TPSA) is 63.2 Å². The van der Waals surface area contributed by atoms with Crippen molar-refractivity contribution in [1.29, 1.82) is 0 Å². The van der Waals surface area contributed by atoms with Crippen molar-refractivity contribution in [2.24, 2.45) is 4.99 Å². The number of piperazine rings is 1. The van der Waals surface area contributed by atoms with Crippen LogP contribution >= 0.6 is 0 Å². The van der Waals surface area contributed by atoms with E-state index in [0.29, 0.717) is 0 Å². The zero-order valence-electron chi connectivity index (χ0n) is 16.0. The fraction of sp³-hybridized carbons (Fsp3) is 0.882. The molecule has 1 saturated heterocycles. The van der Waals surface area contributed by atoms with Gasteiger partial charge < -0.3 is 25.3 Å². The van der Waals surface area contributed by atoms with Crippen LogP contribution in [0.2, 0.25) is 0 Å². The molecule has 1 aliphatic heterocycles. The van der Waals surface area contributed by atoms with E-state index in [0.717, 1.165) is 25.5 Å². The first-order chi connectivity index (χ1) is 11.6. The van der Waals surface area contributed by atoms with Crippen molar-refractivity contribution >= 4 is 11.9 Å². The molecule has 0 radical (unpaired) electrons. The van der Waals surface area contributed by atoms with E-state index in [4.69, 9.17) is 0 Å². The summed E-state index contributed by atoms with van der Waals surface area (Å²) < 4.78 is 0. The van der Waals surface area contributed by atoms with Gasteiger partial charge in [0.2, 0.25) is 5.91 Å². The molecule has 1 heterocycles. The average Bonchev–Trinajstić information content (AvgIpc) is 2.59. The van der Waals surface area contributed by atoms with Crippen LogP contribution in [-0.4, -0.2) is 99.6 Å². The monoisotopic (exact) mass is 340 g/mol. The average molecular weight is 341 g/mol. The van der Waals surface area contributed by atoms with E-state index < -0.39 is 0 Å². The molecule has 0 aliphatic carbocycles. The van der Waals surface area contributed by atoms with Crippen LogP contribution in [0.15, 0.2) is 4.99 Å². The van der Waals surface area contributed by atoms with Crippen molar-refractivity contribution in [3.63, 3.8) is 0 Å². The summed E-state index contributed by atoms with van der Waals surface area (Å²) in [5.41, 5.74) is 0. The molecule has 0 aromatic heterocycles. The first-order valence-corrected chi connectivity index (χ1v) is 9.23. The number of nitrogens with one attached hydrogen (secondary N) is 2. The zero-order valence-corrected chi connectivity index (χ0v) is 16.0. The van der Waals surface area contributed by atoms with Crippen LogP contribution in [0.3, 0.4) is 0 Å². The third-order valence-electron chi connectivity index (χ3n) is 4.32. The van der Waals surface area contributed by atoms with Crippen molar-refractivity contribution in [3.8, 4) is 0 Å². The highest BCUT2D eigenvalue weighted by Crippen LogP contribution is 2.02. The maximum Gasteiger partial charge on any atom is 0.243 e. The Hall–Kier alpha value is -1.34. The molecule has 1 amide bonds. The van der Waals surface area contributed by atoms with Gasteiger partial charge in [-0.15, -0.1) is 0 Å². The number of carbonyl (C=O) groups is 1. The summed E-state index contributed by atoms with van der Waals surface area (Å²) in [6, 6.07) is 0. The molecule has 1 fully saturated rings. The molecule has 0 bridgehead atoms. The van der Waals surface area contributed by atoms with Crippen molar-refractivity contribution < 1.29 is 4.79 Å². The van der Waals surface area contributed by atoms with E-state index in [1.54, 1.807) is 19.0 Å². The number of hydrogen-bond donors (Lipinski definition) is 2. The second kappa shape index (κ2) is 12.1. The lowest BCUT2D eigenvalue weighted by Gasteiger charge is -2.34. The molecule has 7 heteroatoms.